The van der Waals surface area contributed by atoms with Gasteiger partial charge in [0.15, 0.2) is 0 Å². The van der Waals surface area contributed by atoms with Crippen LogP contribution in [0.5, 0.6) is 0 Å². The summed E-state index contributed by atoms with van der Waals surface area (Å²) in [6.45, 7) is 5.59. The molecule has 30 heavy (non-hydrogen) atoms. The van der Waals surface area contributed by atoms with Gasteiger partial charge in [0.25, 0.3) is 0 Å². The monoisotopic (exact) mass is 413 g/mol. The third kappa shape index (κ3) is 5.57. The van der Waals surface area contributed by atoms with Crippen molar-refractivity contribution >= 4 is 17.6 Å². The Labute approximate surface area is 176 Å². The molecule has 1 N–H and O–H groups in total. The van der Waals surface area contributed by atoms with Crippen LogP contribution in [0.15, 0.2) is 48.5 Å². The van der Waals surface area contributed by atoms with Crippen molar-refractivity contribution in [2.24, 2.45) is 0 Å². The van der Waals surface area contributed by atoms with Crippen LogP contribution in [0, 0.1) is 5.82 Å². The van der Waals surface area contributed by atoms with E-state index in [9.17, 15) is 14.0 Å². The lowest BCUT2D eigenvalue weighted by atomic mass is 10.1. The first kappa shape index (κ1) is 21.8. The zero-order valence-electron chi connectivity index (χ0n) is 17.4. The molecule has 6 nitrogen and oxygen atoms in total. The molecule has 1 fully saturated rings. The molecule has 1 amide bonds. The largest absolute Gasteiger partial charge is 0.465 e. The number of nitrogens with one attached hydrogen (secondary N) is 1. The Kier molecular flexibility index (Phi) is 7.41. The Balaban J connectivity index is 1.50. The van der Waals surface area contributed by atoms with Gasteiger partial charge in [0.1, 0.15) is 5.82 Å². The molecule has 1 saturated heterocycles. The molecule has 0 radical (unpaired) electrons. The minimum Gasteiger partial charge on any atom is -0.465 e. The third-order valence-corrected chi connectivity index (χ3v) is 5.49. The highest BCUT2D eigenvalue weighted by Crippen LogP contribution is 2.18. The highest BCUT2D eigenvalue weighted by atomic mass is 19.1. The fourth-order valence-corrected chi connectivity index (χ4v) is 3.61. The van der Waals surface area contributed by atoms with Crippen molar-refractivity contribution in [3.8, 4) is 0 Å². The summed E-state index contributed by atoms with van der Waals surface area (Å²) < 4.78 is 17.9. The van der Waals surface area contributed by atoms with Crippen LogP contribution in [0.1, 0.15) is 29.3 Å². The van der Waals surface area contributed by atoms with Crippen molar-refractivity contribution < 1.29 is 18.7 Å². The average Bonchev–Trinajstić information content (AvgIpc) is 3.03. The molecule has 0 spiro atoms. The van der Waals surface area contributed by atoms with Crippen molar-refractivity contribution in [2.45, 2.75) is 25.9 Å². The minimum atomic E-state index is -0.380. The van der Waals surface area contributed by atoms with Gasteiger partial charge in [-0.1, -0.05) is 12.1 Å². The van der Waals surface area contributed by atoms with Crippen molar-refractivity contribution in [1.82, 2.24) is 10.2 Å². The van der Waals surface area contributed by atoms with E-state index in [0.29, 0.717) is 12.1 Å². The van der Waals surface area contributed by atoms with Crippen LogP contribution in [0.4, 0.5) is 10.1 Å². The van der Waals surface area contributed by atoms with E-state index in [1.165, 1.54) is 19.2 Å². The molecule has 0 saturated carbocycles. The predicted molar refractivity (Wildman–Crippen MR) is 114 cm³/mol. The van der Waals surface area contributed by atoms with E-state index in [1.54, 1.807) is 24.3 Å². The molecule has 1 aliphatic rings. The van der Waals surface area contributed by atoms with E-state index in [2.05, 4.69) is 19.9 Å². The highest BCUT2D eigenvalue weighted by molar-refractivity contribution is 5.89. The summed E-state index contributed by atoms with van der Waals surface area (Å²) in [4.78, 5) is 28.6. The summed E-state index contributed by atoms with van der Waals surface area (Å²) in [6, 6.07) is 13.3. The van der Waals surface area contributed by atoms with Gasteiger partial charge in [-0.25, -0.2) is 9.18 Å². The molecule has 3 rings (SSSR count). The molecule has 0 aromatic heterocycles. The topological polar surface area (TPSA) is 61.9 Å². The molecule has 0 aliphatic carbocycles. The van der Waals surface area contributed by atoms with Crippen molar-refractivity contribution in [3.05, 3.63) is 65.5 Å². The van der Waals surface area contributed by atoms with E-state index in [1.807, 2.05) is 19.1 Å². The summed E-state index contributed by atoms with van der Waals surface area (Å²) >= 11 is 0. The SMILES string of the molecule is COC(=O)c1ccc(CNC(=O)C(C)N2CCCN(c3ccc(F)cc3)CC2)cc1. The number of nitrogens with zero attached hydrogens (tertiary/aromatic N) is 2. The highest BCUT2D eigenvalue weighted by Gasteiger charge is 2.24. The molecule has 1 heterocycles. The fraction of sp³-hybridized carbons (Fsp3) is 0.391. The number of carbonyl (C=O) groups is 2. The van der Waals surface area contributed by atoms with Gasteiger partial charge in [-0.3, -0.25) is 9.69 Å². The Morgan fingerprint density at radius 2 is 1.73 bits per heavy atom. The standard InChI is InChI=1S/C23H28FN3O3/c1-17(22(28)25-16-18-4-6-19(7-5-18)23(29)30-2)26-12-3-13-27(15-14-26)21-10-8-20(24)9-11-21/h4-11,17H,3,12-16H2,1-2H3,(H,25,28). The first-order valence-electron chi connectivity index (χ1n) is 10.2. The molecule has 2 aromatic rings. The molecule has 160 valence electrons. The quantitative estimate of drug-likeness (QED) is 0.738. The lowest BCUT2D eigenvalue weighted by Gasteiger charge is -2.27. The van der Waals surface area contributed by atoms with Gasteiger partial charge in [-0.05, 0) is 55.3 Å². The maximum Gasteiger partial charge on any atom is 0.337 e. The second-order valence-electron chi connectivity index (χ2n) is 7.44. The summed E-state index contributed by atoms with van der Waals surface area (Å²) in [5.41, 5.74) is 2.41. The third-order valence-electron chi connectivity index (χ3n) is 5.49. The summed E-state index contributed by atoms with van der Waals surface area (Å²) in [5.74, 6) is -0.641. The zero-order valence-corrected chi connectivity index (χ0v) is 17.4. The molecule has 0 bridgehead atoms. The molecular weight excluding hydrogens is 385 g/mol. The van der Waals surface area contributed by atoms with Gasteiger partial charge in [0, 0.05) is 38.4 Å². The summed E-state index contributed by atoms with van der Waals surface area (Å²) in [5, 5.41) is 2.98. The fourth-order valence-electron chi connectivity index (χ4n) is 3.61. The number of amides is 1. The molecule has 7 heteroatoms. The van der Waals surface area contributed by atoms with Crippen LogP contribution >= 0.6 is 0 Å². The molecule has 2 aromatic carbocycles. The zero-order chi connectivity index (χ0) is 21.5. The van der Waals surface area contributed by atoms with E-state index in [-0.39, 0.29) is 23.7 Å². The van der Waals surface area contributed by atoms with Crippen LogP contribution in [-0.4, -0.2) is 56.1 Å². The molecule has 1 unspecified atom stereocenters. The first-order chi connectivity index (χ1) is 14.5. The number of benzene rings is 2. The number of halogens is 1. The van der Waals surface area contributed by atoms with Gasteiger partial charge in [-0.2, -0.15) is 0 Å². The number of hydrogen-bond donors (Lipinski definition) is 1. The Morgan fingerprint density at radius 3 is 2.40 bits per heavy atom. The van der Waals surface area contributed by atoms with Crippen LogP contribution in [-0.2, 0) is 16.1 Å². The summed E-state index contributed by atoms with van der Waals surface area (Å²) in [6.07, 6.45) is 0.935. The van der Waals surface area contributed by atoms with Crippen molar-refractivity contribution in [2.75, 3.05) is 38.2 Å². The van der Waals surface area contributed by atoms with Gasteiger partial charge < -0.3 is 15.0 Å². The number of esters is 1. The smallest absolute Gasteiger partial charge is 0.337 e. The Hall–Kier alpha value is -2.93. The van der Waals surface area contributed by atoms with Gasteiger partial charge in [0.2, 0.25) is 5.91 Å². The van der Waals surface area contributed by atoms with Crippen molar-refractivity contribution in [3.63, 3.8) is 0 Å². The van der Waals surface area contributed by atoms with Gasteiger partial charge in [0.05, 0.1) is 18.7 Å². The van der Waals surface area contributed by atoms with Crippen LogP contribution < -0.4 is 10.2 Å². The van der Waals surface area contributed by atoms with E-state index >= 15 is 0 Å². The molecule has 1 atom stereocenters. The second-order valence-corrected chi connectivity index (χ2v) is 7.44. The second kappa shape index (κ2) is 10.2. The van der Waals surface area contributed by atoms with Gasteiger partial charge in [-0.15, -0.1) is 0 Å². The first-order valence-corrected chi connectivity index (χ1v) is 10.2. The van der Waals surface area contributed by atoms with Crippen LogP contribution in [0.2, 0.25) is 0 Å². The van der Waals surface area contributed by atoms with E-state index < -0.39 is 0 Å². The average molecular weight is 413 g/mol. The maximum absolute atomic E-state index is 13.2. The van der Waals surface area contributed by atoms with E-state index in [0.717, 1.165) is 43.9 Å². The molecular formula is C23H28FN3O3. The minimum absolute atomic E-state index is 0.0257. The lowest BCUT2D eigenvalue weighted by molar-refractivity contribution is -0.126. The number of hydrogen-bond acceptors (Lipinski definition) is 5. The summed E-state index contributed by atoms with van der Waals surface area (Å²) in [7, 11) is 1.35. The number of ether oxygens (including phenoxy) is 1. The Bertz CT molecular complexity index is 855. The lowest BCUT2D eigenvalue weighted by Crippen LogP contribution is -2.46. The maximum atomic E-state index is 13.2. The normalized spacial score (nSPS) is 15.9. The van der Waals surface area contributed by atoms with Gasteiger partial charge >= 0.3 is 5.97 Å². The number of rotatable bonds is 6. The molecule has 1 aliphatic heterocycles. The number of carbonyl (C=O) groups excluding carboxylic acids is 2. The van der Waals surface area contributed by atoms with Crippen molar-refractivity contribution in [1.29, 1.82) is 0 Å². The van der Waals surface area contributed by atoms with E-state index in [4.69, 9.17) is 0 Å². The Morgan fingerprint density at radius 1 is 1.03 bits per heavy atom. The number of anilines is 1. The van der Waals surface area contributed by atoms with Crippen LogP contribution in [0.3, 0.4) is 0 Å². The predicted octanol–water partition coefficient (Wildman–Crippen LogP) is 2.83. The van der Waals surface area contributed by atoms with Crippen LogP contribution in [0.25, 0.3) is 0 Å². The number of methoxy groups -OCH3 is 1.